The third kappa shape index (κ3) is 4.56. The van der Waals surface area contributed by atoms with E-state index >= 15 is 0 Å². The van der Waals surface area contributed by atoms with E-state index in [0.29, 0.717) is 0 Å². The minimum absolute atomic E-state index is 0.621. The molecule has 2 N–H and O–H groups in total. The topological polar surface area (TPSA) is 96.6 Å². The summed E-state index contributed by atoms with van der Waals surface area (Å²) in [4.78, 5) is 10.5. The van der Waals surface area contributed by atoms with Crippen molar-refractivity contribution >= 4 is 16.0 Å². The second-order valence-electron chi connectivity index (χ2n) is 3.77. The first kappa shape index (κ1) is 15.5. The normalized spacial score (nSPS) is 14.3. The molecule has 0 aromatic carbocycles. The number of hydrogen-bond donors (Lipinski definition) is 2. The quantitative estimate of drug-likeness (QED) is 0.861. The number of alkyl halides is 3. The number of nitrogens with one attached hydrogen (secondary N) is 1. The van der Waals surface area contributed by atoms with Gasteiger partial charge < -0.3 is 9.52 Å². The predicted molar refractivity (Wildman–Crippen MR) is 56.1 cm³/mol. The lowest BCUT2D eigenvalue weighted by atomic mass is 10.2. The van der Waals surface area contributed by atoms with Crippen LogP contribution in [0, 0.1) is 0 Å². The first-order chi connectivity index (χ1) is 8.51. The van der Waals surface area contributed by atoms with Crippen LogP contribution in [0.5, 0.6) is 0 Å². The Morgan fingerprint density at radius 2 is 2.05 bits per heavy atom. The fourth-order valence-corrected chi connectivity index (χ4v) is 2.47. The van der Waals surface area contributed by atoms with Crippen molar-refractivity contribution in [2.75, 3.05) is 0 Å². The van der Waals surface area contributed by atoms with Gasteiger partial charge in [0, 0.05) is 6.04 Å². The van der Waals surface area contributed by atoms with Gasteiger partial charge in [-0.3, -0.25) is 0 Å². The maximum Gasteiger partial charge on any atom is 0.390 e. The second kappa shape index (κ2) is 5.21. The zero-order valence-electron chi connectivity index (χ0n) is 9.56. The number of carboxylic acids is 1. The van der Waals surface area contributed by atoms with E-state index in [0.717, 1.165) is 19.1 Å². The lowest BCUT2D eigenvalue weighted by Gasteiger charge is -2.14. The highest BCUT2D eigenvalue weighted by molar-refractivity contribution is 7.89. The van der Waals surface area contributed by atoms with Crippen molar-refractivity contribution in [2.45, 2.75) is 30.7 Å². The van der Waals surface area contributed by atoms with E-state index in [1.807, 2.05) is 0 Å². The Balaban J connectivity index is 2.83. The summed E-state index contributed by atoms with van der Waals surface area (Å²) < 4.78 is 65.6. The van der Waals surface area contributed by atoms with Crippen molar-refractivity contribution < 1.29 is 35.9 Å². The standard InChI is InChI=1S/C9H10F3NO5S/c1-5(4-9(10,11)12)13-19(16,17)7-3-2-6(18-7)8(14)15/h2-3,5,13H,4H2,1H3,(H,14,15). The summed E-state index contributed by atoms with van der Waals surface area (Å²) >= 11 is 0. The van der Waals surface area contributed by atoms with Crippen LogP contribution in [0.15, 0.2) is 21.6 Å². The number of halogens is 3. The van der Waals surface area contributed by atoms with Crippen LogP contribution in [0.1, 0.15) is 23.9 Å². The van der Waals surface area contributed by atoms with E-state index in [9.17, 15) is 26.4 Å². The Kier molecular flexibility index (Phi) is 4.25. The highest BCUT2D eigenvalue weighted by atomic mass is 32.2. The number of rotatable bonds is 5. The van der Waals surface area contributed by atoms with Crippen LogP contribution in [0.3, 0.4) is 0 Å². The number of carbonyl (C=O) groups is 1. The molecular weight excluding hydrogens is 291 g/mol. The van der Waals surface area contributed by atoms with Gasteiger partial charge in [-0.05, 0) is 19.1 Å². The Labute approximate surface area is 106 Å². The monoisotopic (exact) mass is 301 g/mol. The lowest BCUT2D eigenvalue weighted by molar-refractivity contribution is -0.137. The minimum Gasteiger partial charge on any atom is -0.475 e. The maximum atomic E-state index is 12.1. The molecule has 0 bridgehead atoms. The molecule has 6 nitrogen and oxygen atoms in total. The number of carboxylic acid groups (broad SMARTS) is 1. The number of aromatic carboxylic acids is 1. The fourth-order valence-electron chi connectivity index (χ4n) is 1.29. The molecule has 1 aromatic heterocycles. The van der Waals surface area contributed by atoms with Gasteiger partial charge in [0.1, 0.15) is 0 Å². The van der Waals surface area contributed by atoms with Crippen LogP contribution in [0.2, 0.25) is 0 Å². The Morgan fingerprint density at radius 1 is 1.47 bits per heavy atom. The van der Waals surface area contributed by atoms with Crippen molar-refractivity contribution in [3.05, 3.63) is 17.9 Å². The van der Waals surface area contributed by atoms with Gasteiger partial charge in [0.2, 0.25) is 10.9 Å². The molecule has 0 radical (unpaired) electrons. The minimum atomic E-state index is -4.52. The Morgan fingerprint density at radius 3 is 2.47 bits per heavy atom. The molecular formula is C9H10F3NO5S. The first-order valence-corrected chi connectivity index (χ1v) is 6.42. The van der Waals surface area contributed by atoms with Crippen LogP contribution in [0.25, 0.3) is 0 Å². The predicted octanol–water partition coefficient (Wildman–Crippen LogP) is 1.60. The molecule has 0 amide bonds. The van der Waals surface area contributed by atoms with Crippen molar-refractivity contribution in [3.8, 4) is 0 Å². The third-order valence-corrected chi connectivity index (χ3v) is 3.41. The number of sulfonamides is 1. The average Bonchev–Trinajstić information content (AvgIpc) is 2.61. The molecule has 1 rings (SSSR count). The van der Waals surface area contributed by atoms with Crippen LogP contribution in [-0.2, 0) is 10.0 Å². The molecule has 1 unspecified atom stereocenters. The van der Waals surface area contributed by atoms with Crippen LogP contribution in [0.4, 0.5) is 13.2 Å². The van der Waals surface area contributed by atoms with Gasteiger partial charge in [0.05, 0.1) is 6.42 Å². The van der Waals surface area contributed by atoms with E-state index in [1.165, 1.54) is 0 Å². The number of furan rings is 1. The van der Waals surface area contributed by atoms with Crippen molar-refractivity contribution in [1.82, 2.24) is 4.72 Å². The molecule has 0 fully saturated rings. The van der Waals surface area contributed by atoms with Crippen molar-refractivity contribution in [1.29, 1.82) is 0 Å². The van der Waals surface area contributed by atoms with E-state index in [-0.39, 0.29) is 0 Å². The highest BCUT2D eigenvalue weighted by Crippen LogP contribution is 2.22. The van der Waals surface area contributed by atoms with Gasteiger partial charge in [-0.15, -0.1) is 0 Å². The van der Waals surface area contributed by atoms with E-state index in [4.69, 9.17) is 5.11 Å². The Bertz CT molecular complexity index is 563. The number of hydrogen-bond acceptors (Lipinski definition) is 4. The van der Waals surface area contributed by atoms with Gasteiger partial charge in [0.15, 0.2) is 0 Å². The summed E-state index contributed by atoms with van der Waals surface area (Å²) in [6, 6.07) is 0.348. The molecule has 1 aromatic rings. The largest absolute Gasteiger partial charge is 0.475 e. The van der Waals surface area contributed by atoms with Gasteiger partial charge in [-0.25, -0.2) is 17.9 Å². The highest BCUT2D eigenvalue weighted by Gasteiger charge is 2.32. The molecule has 0 saturated heterocycles. The molecule has 0 aliphatic heterocycles. The van der Waals surface area contributed by atoms with Crippen LogP contribution in [-0.4, -0.2) is 31.7 Å². The summed E-state index contributed by atoms with van der Waals surface area (Å²) in [6.07, 6.45) is -5.87. The first-order valence-electron chi connectivity index (χ1n) is 4.93. The Hall–Kier alpha value is -1.55. The average molecular weight is 301 g/mol. The second-order valence-corrected chi connectivity index (χ2v) is 5.41. The molecule has 1 atom stereocenters. The molecule has 10 heteroatoms. The fraction of sp³-hybridized carbons (Fsp3) is 0.444. The zero-order chi connectivity index (χ0) is 14.8. The lowest BCUT2D eigenvalue weighted by Crippen LogP contribution is -2.35. The molecule has 0 aliphatic rings. The van der Waals surface area contributed by atoms with E-state index < -0.39 is 45.5 Å². The summed E-state index contributed by atoms with van der Waals surface area (Å²) in [5.74, 6) is -2.10. The van der Waals surface area contributed by atoms with Gasteiger partial charge in [-0.2, -0.15) is 13.2 Å². The molecule has 0 aliphatic carbocycles. The van der Waals surface area contributed by atoms with Crippen molar-refractivity contribution in [3.63, 3.8) is 0 Å². The summed E-state index contributed by atoms with van der Waals surface area (Å²) in [5, 5.41) is 7.79. The van der Waals surface area contributed by atoms with Gasteiger partial charge in [-0.1, -0.05) is 0 Å². The molecule has 0 saturated carbocycles. The molecule has 19 heavy (non-hydrogen) atoms. The van der Waals surface area contributed by atoms with Crippen LogP contribution < -0.4 is 4.72 Å². The van der Waals surface area contributed by atoms with E-state index in [1.54, 1.807) is 4.72 Å². The molecule has 1 heterocycles. The van der Waals surface area contributed by atoms with Gasteiger partial charge in [0.25, 0.3) is 10.0 Å². The molecule has 0 spiro atoms. The summed E-state index contributed by atoms with van der Waals surface area (Å²) in [7, 11) is -4.32. The smallest absolute Gasteiger partial charge is 0.390 e. The third-order valence-electron chi connectivity index (χ3n) is 1.95. The summed E-state index contributed by atoms with van der Waals surface area (Å²) in [5.41, 5.74) is 0. The molecule has 108 valence electrons. The van der Waals surface area contributed by atoms with Gasteiger partial charge >= 0.3 is 12.1 Å². The maximum absolute atomic E-state index is 12.1. The van der Waals surface area contributed by atoms with Crippen LogP contribution >= 0.6 is 0 Å². The summed E-state index contributed by atoms with van der Waals surface area (Å²) in [6.45, 7) is 1.03. The van der Waals surface area contributed by atoms with Crippen molar-refractivity contribution in [2.24, 2.45) is 0 Å². The SMILES string of the molecule is CC(CC(F)(F)F)NS(=O)(=O)c1ccc(C(=O)O)o1. The zero-order valence-corrected chi connectivity index (χ0v) is 10.4. The van der Waals surface area contributed by atoms with E-state index in [2.05, 4.69) is 4.42 Å².